The van der Waals surface area contributed by atoms with Crippen molar-refractivity contribution in [2.45, 2.75) is 6.42 Å². The van der Waals surface area contributed by atoms with Gasteiger partial charge >= 0.3 is 0 Å². The Morgan fingerprint density at radius 2 is 2.00 bits per heavy atom. The van der Waals surface area contributed by atoms with Gasteiger partial charge in [-0.2, -0.15) is 0 Å². The van der Waals surface area contributed by atoms with Crippen molar-refractivity contribution in [3.05, 3.63) is 28.5 Å². The van der Waals surface area contributed by atoms with Crippen molar-refractivity contribution in [1.82, 2.24) is 9.88 Å². The molecule has 106 valence electrons. The van der Waals surface area contributed by atoms with Crippen LogP contribution in [0.25, 0.3) is 0 Å². The van der Waals surface area contributed by atoms with Crippen LogP contribution in [0, 0.1) is 0 Å². The number of halogens is 1. The summed E-state index contributed by atoms with van der Waals surface area (Å²) < 4.78 is 10.8. The third kappa shape index (κ3) is 5.67. The molecule has 1 rings (SSSR count). The Labute approximate surface area is 122 Å². The molecule has 1 aromatic heterocycles. The lowest BCUT2D eigenvalue weighted by molar-refractivity contribution is 0.0673. The van der Waals surface area contributed by atoms with Crippen LogP contribution in [0.2, 0.25) is 0 Å². The molecule has 6 heteroatoms. The van der Waals surface area contributed by atoms with Crippen molar-refractivity contribution in [2.75, 3.05) is 40.5 Å². The van der Waals surface area contributed by atoms with Crippen LogP contribution in [0.5, 0.6) is 0 Å². The normalized spacial score (nSPS) is 10.5. The van der Waals surface area contributed by atoms with Gasteiger partial charge in [-0.05, 0) is 28.4 Å². The highest BCUT2D eigenvalue weighted by molar-refractivity contribution is 9.10. The second kappa shape index (κ2) is 9.01. The van der Waals surface area contributed by atoms with E-state index in [1.54, 1.807) is 37.6 Å². The second-order valence-corrected chi connectivity index (χ2v) is 4.94. The highest BCUT2D eigenvalue weighted by Crippen LogP contribution is 2.12. The highest BCUT2D eigenvalue weighted by Gasteiger charge is 2.15. The molecule has 0 bridgehead atoms. The zero-order valence-corrected chi connectivity index (χ0v) is 12.9. The standard InChI is InChI=1S/C13H19BrN2O3/c1-18-6-3-4-16(5-7-19-2)13(17)11-8-12(14)10-15-9-11/h8-10H,3-7H2,1-2H3. The average Bonchev–Trinajstić information content (AvgIpc) is 2.42. The third-order valence-corrected chi connectivity index (χ3v) is 3.01. The predicted octanol–water partition coefficient (Wildman–Crippen LogP) is 1.97. The maximum Gasteiger partial charge on any atom is 0.255 e. The number of pyridine rings is 1. The van der Waals surface area contributed by atoms with E-state index in [-0.39, 0.29) is 5.91 Å². The molecule has 5 nitrogen and oxygen atoms in total. The lowest BCUT2D eigenvalue weighted by Gasteiger charge is -2.22. The Morgan fingerprint density at radius 1 is 1.26 bits per heavy atom. The summed E-state index contributed by atoms with van der Waals surface area (Å²) in [5.41, 5.74) is 0.572. The van der Waals surface area contributed by atoms with Gasteiger partial charge in [-0.25, -0.2) is 0 Å². The van der Waals surface area contributed by atoms with Crippen LogP contribution in [-0.2, 0) is 9.47 Å². The van der Waals surface area contributed by atoms with Crippen molar-refractivity contribution in [1.29, 1.82) is 0 Å². The van der Waals surface area contributed by atoms with Gasteiger partial charge in [-0.3, -0.25) is 9.78 Å². The summed E-state index contributed by atoms with van der Waals surface area (Å²) in [5.74, 6) is -0.0399. The molecule has 0 aliphatic rings. The van der Waals surface area contributed by atoms with Gasteiger partial charge < -0.3 is 14.4 Å². The lowest BCUT2D eigenvalue weighted by atomic mass is 10.2. The molecule has 0 radical (unpaired) electrons. The van der Waals surface area contributed by atoms with E-state index < -0.39 is 0 Å². The van der Waals surface area contributed by atoms with Gasteiger partial charge in [0.25, 0.3) is 5.91 Å². The van der Waals surface area contributed by atoms with Gasteiger partial charge in [0.15, 0.2) is 0 Å². The predicted molar refractivity (Wildman–Crippen MR) is 76.2 cm³/mol. The molecule has 0 saturated carbocycles. The molecular weight excluding hydrogens is 312 g/mol. The van der Waals surface area contributed by atoms with E-state index in [0.717, 1.165) is 10.9 Å². The first kappa shape index (κ1) is 16.1. The largest absolute Gasteiger partial charge is 0.385 e. The van der Waals surface area contributed by atoms with E-state index in [4.69, 9.17) is 9.47 Å². The fourth-order valence-corrected chi connectivity index (χ4v) is 1.99. The first-order valence-corrected chi connectivity index (χ1v) is 6.86. The molecule has 1 amide bonds. The Bertz CT molecular complexity index is 401. The van der Waals surface area contributed by atoms with Crippen LogP contribution < -0.4 is 0 Å². The number of amides is 1. The van der Waals surface area contributed by atoms with Gasteiger partial charge in [0.1, 0.15) is 0 Å². The van der Waals surface area contributed by atoms with Crippen molar-refractivity contribution in [3.8, 4) is 0 Å². The quantitative estimate of drug-likeness (QED) is 0.684. The van der Waals surface area contributed by atoms with E-state index in [0.29, 0.717) is 31.9 Å². The molecule has 0 aromatic carbocycles. The average molecular weight is 331 g/mol. The summed E-state index contributed by atoms with van der Waals surface area (Å²) in [4.78, 5) is 18.1. The molecule has 0 saturated heterocycles. The van der Waals surface area contributed by atoms with Crippen molar-refractivity contribution >= 4 is 21.8 Å². The van der Waals surface area contributed by atoms with E-state index in [9.17, 15) is 4.79 Å². The number of carbonyl (C=O) groups excluding carboxylic acids is 1. The minimum absolute atomic E-state index is 0.0399. The van der Waals surface area contributed by atoms with Crippen molar-refractivity contribution in [2.24, 2.45) is 0 Å². The monoisotopic (exact) mass is 330 g/mol. The summed E-state index contributed by atoms with van der Waals surface area (Å²) >= 11 is 3.32. The Morgan fingerprint density at radius 3 is 2.63 bits per heavy atom. The van der Waals surface area contributed by atoms with E-state index in [1.807, 2.05) is 0 Å². The number of hydrogen-bond acceptors (Lipinski definition) is 4. The Balaban J connectivity index is 2.69. The first-order chi connectivity index (χ1) is 9.19. The molecule has 0 unspecified atom stereocenters. The molecule has 0 spiro atoms. The van der Waals surface area contributed by atoms with E-state index >= 15 is 0 Å². The number of aromatic nitrogens is 1. The summed E-state index contributed by atoms with van der Waals surface area (Å²) in [7, 11) is 3.28. The van der Waals surface area contributed by atoms with E-state index in [2.05, 4.69) is 20.9 Å². The molecule has 0 aliphatic carbocycles. The van der Waals surface area contributed by atoms with Crippen molar-refractivity contribution < 1.29 is 14.3 Å². The number of nitrogens with zero attached hydrogens (tertiary/aromatic N) is 2. The van der Waals surface area contributed by atoms with Gasteiger partial charge in [-0.15, -0.1) is 0 Å². The second-order valence-electron chi connectivity index (χ2n) is 4.02. The fourth-order valence-electron chi connectivity index (χ4n) is 1.63. The topological polar surface area (TPSA) is 51.7 Å². The van der Waals surface area contributed by atoms with Gasteiger partial charge in [-0.1, -0.05) is 0 Å². The van der Waals surface area contributed by atoms with E-state index in [1.165, 1.54) is 0 Å². The van der Waals surface area contributed by atoms with Gasteiger partial charge in [0, 0.05) is 50.8 Å². The summed E-state index contributed by atoms with van der Waals surface area (Å²) in [6, 6.07) is 1.77. The molecule has 0 aliphatic heterocycles. The minimum atomic E-state index is -0.0399. The molecule has 0 fully saturated rings. The molecule has 1 heterocycles. The highest BCUT2D eigenvalue weighted by atomic mass is 79.9. The fraction of sp³-hybridized carbons (Fsp3) is 0.538. The minimum Gasteiger partial charge on any atom is -0.385 e. The third-order valence-electron chi connectivity index (χ3n) is 2.58. The molecule has 0 atom stereocenters. The first-order valence-electron chi connectivity index (χ1n) is 6.06. The molecular formula is C13H19BrN2O3. The smallest absolute Gasteiger partial charge is 0.255 e. The molecule has 1 aromatic rings. The molecule has 19 heavy (non-hydrogen) atoms. The maximum atomic E-state index is 12.4. The Kier molecular flexibility index (Phi) is 7.62. The Hall–Kier alpha value is -0.980. The van der Waals surface area contributed by atoms with Crippen LogP contribution in [0.4, 0.5) is 0 Å². The van der Waals surface area contributed by atoms with Crippen molar-refractivity contribution in [3.63, 3.8) is 0 Å². The zero-order chi connectivity index (χ0) is 14.1. The van der Waals surface area contributed by atoms with Gasteiger partial charge in [0.05, 0.1) is 12.2 Å². The molecule has 0 N–H and O–H groups in total. The number of ether oxygens (including phenoxy) is 2. The SMILES string of the molecule is COCCCN(CCOC)C(=O)c1cncc(Br)c1. The van der Waals surface area contributed by atoms with Crippen LogP contribution in [0.3, 0.4) is 0 Å². The lowest BCUT2D eigenvalue weighted by Crippen LogP contribution is -2.35. The number of hydrogen-bond donors (Lipinski definition) is 0. The van der Waals surface area contributed by atoms with Crippen LogP contribution in [-0.4, -0.2) is 56.3 Å². The number of carbonyl (C=O) groups is 1. The van der Waals surface area contributed by atoms with Crippen LogP contribution >= 0.6 is 15.9 Å². The summed E-state index contributed by atoms with van der Waals surface area (Å²) in [6.45, 7) is 2.35. The number of rotatable bonds is 8. The van der Waals surface area contributed by atoms with Crippen LogP contribution in [0.1, 0.15) is 16.8 Å². The summed E-state index contributed by atoms with van der Waals surface area (Å²) in [5, 5.41) is 0. The van der Waals surface area contributed by atoms with Crippen LogP contribution in [0.15, 0.2) is 22.9 Å². The van der Waals surface area contributed by atoms with Gasteiger partial charge in [0.2, 0.25) is 0 Å². The zero-order valence-electron chi connectivity index (χ0n) is 11.3. The number of methoxy groups -OCH3 is 2. The maximum absolute atomic E-state index is 12.4. The summed E-state index contributed by atoms with van der Waals surface area (Å²) in [6.07, 6.45) is 4.03.